The normalized spacial score (nSPS) is 12.7. The lowest BCUT2D eigenvalue weighted by atomic mass is 10.0. The largest absolute Gasteiger partial charge is 0.396 e. The first-order valence-electron chi connectivity index (χ1n) is 9.60. The molecule has 0 aliphatic rings. The molecule has 0 heterocycles. The van der Waals surface area contributed by atoms with Crippen molar-refractivity contribution in [1.82, 2.24) is 0 Å². The lowest BCUT2D eigenvalue weighted by Crippen LogP contribution is -2.05. The van der Waals surface area contributed by atoms with Crippen molar-refractivity contribution < 1.29 is 10.2 Å². The van der Waals surface area contributed by atoms with Gasteiger partial charge in [-0.05, 0) is 19.3 Å². The molecule has 1 unspecified atom stereocenters. The topological polar surface area (TPSA) is 40.5 Å². The molecule has 1 atom stereocenters. The van der Waals surface area contributed by atoms with Crippen LogP contribution < -0.4 is 0 Å². The molecule has 0 aromatic heterocycles. The molecule has 0 bridgehead atoms. The average molecular weight is 301 g/mol. The van der Waals surface area contributed by atoms with E-state index >= 15 is 0 Å². The average Bonchev–Trinajstić information content (AvgIpc) is 2.48. The predicted molar refractivity (Wildman–Crippen MR) is 92.6 cm³/mol. The summed E-state index contributed by atoms with van der Waals surface area (Å²) in [4.78, 5) is 0. The van der Waals surface area contributed by atoms with E-state index in [1.165, 1.54) is 83.5 Å². The van der Waals surface area contributed by atoms with Gasteiger partial charge in [-0.15, -0.1) is 0 Å². The Morgan fingerprint density at radius 2 is 0.952 bits per heavy atom. The van der Waals surface area contributed by atoms with Crippen molar-refractivity contribution in [1.29, 1.82) is 0 Å². The molecule has 0 aliphatic heterocycles. The first-order chi connectivity index (χ1) is 10.3. The van der Waals surface area contributed by atoms with E-state index in [9.17, 15) is 5.11 Å². The Hall–Kier alpha value is -0.0800. The van der Waals surface area contributed by atoms with Crippen LogP contribution >= 0.6 is 0 Å². The van der Waals surface area contributed by atoms with Crippen molar-refractivity contribution in [2.75, 3.05) is 6.61 Å². The van der Waals surface area contributed by atoms with Gasteiger partial charge >= 0.3 is 0 Å². The fourth-order valence-corrected chi connectivity index (χ4v) is 2.86. The van der Waals surface area contributed by atoms with E-state index in [4.69, 9.17) is 5.11 Å². The van der Waals surface area contributed by atoms with Gasteiger partial charge in [-0.3, -0.25) is 0 Å². The van der Waals surface area contributed by atoms with Gasteiger partial charge in [0.15, 0.2) is 0 Å². The molecular formula is C19H40O2. The Kier molecular flexibility index (Phi) is 17.9. The molecule has 0 spiro atoms. The highest BCUT2D eigenvalue weighted by atomic mass is 16.3. The monoisotopic (exact) mass is 300 g/mol. The first-order valence-corrected chi connectivity index (χ1v) is 9.60. The van der Waals surface area contributed by atoms with E-state index < -0.39 is 0 Å². The van der Waals surface area contributed by atoms with E-state index in [0.29, 0.717) is 6.61 Å². The summed E-state index contributed by atoms with van der Waals surface area (Å²) in [6, 6.07) is 0. The Bertz CT molecular complexity index is 182. The highest BCUT2D eigenvalue weighted by Crippen LogP contribution is 2.14. The van der Waals surface area contributed by atoms with Gasteiger partial charge in [0.2, 0.25) is 0 Å². The minimum absolute atomic E-state index is 0.0459. The van der Waals surface area contributed by atoms with Crippen molar-refractivity contribution in [3.05, 3.63) is 0 Å². The molecule has 21 heavy (non-hydrogen) atoms. The van der Waals surface area contributed by atoms with Gasteiger partial charge in [-0.1, -0.05) is 90.4 Å². The summed E-state index contributed by atoms with van der Waals surface area (Å²) < 4.78 is 0. The third-order valence-corrected chi connectivity index (χ3v) is 4.34. The van der Waals surface area contributed by atoms with Crippen LogP contribution in [0.5, 0.6) is 0 Å². The van der Waals surface area contributed by atoms with Crippen molar-refractivity contribution in [2.45, 2.75) is 116 Å². The van der Waals surface area contributed by atoms with E-state index in [2.05, 4.69) is 6.92 Å². The second kappa shape index (κ2) is 18.0. The van der Waals surface area contributed by atoms with Crippen molar-refractivity contribution in [3.8, 4) is 0 Å². The standard InChI is InChI=1S/C19H40O2/c1-2-3-13-16-19(21)17-14-11-9-7-5-4-6-8-10-12-15-18-20/h19-21H,2-18H2,1H3. The zero-order valence-corrected chi connectivity index (χ0v) is 14.5. The fourth-order valence-electron chi connectivity index (χ4n) is 2.86. The molecule has 0 saturated carbocycles. The summed E-state index contributed by atoms with van der Waals surface area (Å²) in [6.45, 7) is 2.56. The van der Waals surface area contributed by atoms with Crippen LogP contribution in [0, 0.1) is 0 Å². The maximum atomic E-state index is 9.82. The zero-order valence-electron chi connectivity index (χ0n) is 14.5. The molecule has 0 rings (SSSR count). The summed E-state index contributed by atoms with van der Waals surface area (Å²) in [5.74, 6) is 0. The second-order valence-electron chi connectivity index (χ2n) is 6.55. The molecule has 0 aliphatic carbocycles. The minimum Gasteiger partial charge on any atom is -0.396 e. The number of aliphatic hydroxyl groups excluding tert-OH is 2. The van der Waals surface area contributed by atoms with Gasteiger partial charge in [-0.2, -0.15) is 0 Å². The lowest BCUT2D eigenvalue weighted by molar-refractivity contribution is 0.147. The van der Waals surface area contributed by atoms with Gasteiger partial charge in [0.05, 0.1) is 6.10 Å². The first kappa shape index (κ1) is 20.9. The summed E-state index contributed by atoms with van der Waals surface area (Å²) in [6.07, 6.45) is 19.8. The van der Waals surface area contributed by atoms with Crippen LogP contribution in [0.3, 0.4) is 0 Å². The molecule has 0 saturated heterocycles. The van der Waals surface area contributed by atoms with Crippen LogP contribution in [0.4, 0.5) is 0 Å². The molecule has 0 aromatic rings. The Balaban J connectivity index is 3.05. The molecular weight excluding hydrogens is 260 g/mol. The van der Waals surface area contributed by atoms with Crippen molar-refractivity contribution >= 4 is 0 Å². The van der Waals surface area contributed by atoms with Crippen LogP contribution in [0.15, 0.2) is 0 Å². The Morgan fingerprint density at radius 1 is 0.571 bits per heavy atom. The van der Waals surface area contributed by atoms with Gasteiger partial charge in [0.1, 0.15) is 0 Å². The summed E-state index contributed by atoms with van der Waals surface area (Å²) in [5, 5.41) is 18.5. The Morgan fingerprint density at radius 3 is 1.38 bits per heavy atom. The maximum absolute atomic E-state index is 9.82. The number of hydrogen-bond donors (Lipinski definition) is 2. The fraction of sp³-hybridized carbons (Fsp3) is 1.00. The number of hydrogen-bond acceptors (Lipinski definition) is 2. The van der Waals surface area contributed by atoms with E-state index in [1.807, 2.05) is 0 Å². The molecule has 0 fully saturated rings. The molecule has 2 nitrogen and oxygen atoms in total. The second-order valence-corrected chi connectivity index (χ2v) is 6.55. The highest BCUT2D eigenvalue weighted by molar-refractivity contribution is 4.57. The van der Waals surface area contributed by atoms with Crippen LogP contribution in [-0.4, -0.2) is 22.9 Å². The Labute approximate surface area is 133 Å². The minimum atomic E-state index is -0.0459. The van der Waals surface area contributed by atoms with Gasteiger partial charge in [0, 0.05) is 6.61 Å². The van der Waals surface area contributed by atoms with Gasteiger partial charge in [0.25, 0.3) is 0 Å². The quantitative estimate of drug-likeness (QED) is 0.343. The molecule has 0 amide bonds. The highest BCUT2D eigenvalue weighted by Gasteiger charge is 2.03. The molecule has 0 aromatic carbocycles. The van der Waals surface area contributed by atoms with Crippen molar-refractivity contribution in [3.63, 3.8) is 0 Å². The van der Waals surface area contributed by atoms with Crippen LogP contribution in [0.1, 0.15) is 110 Å². The zero-order chi connectivity index (χ0) is 15.6. The summed E-state index contributed by atoms with van der Waals surface area (Å²) >= 11 is 0. The van der Waals surface area contributed by atoms with E-state index in [0.717, 1.165) is 19.3 Å². The van der Waals surface area contributed by atoms with E-state index in [-0.39, 0.29) is 6.10 Å². The lowest BCUT2D eigenvalue weighted by Gasteiger charge is -2.09. The van der Waals surface area contributed by atoms with E-state index in [1.54, 1.807) is 0 Å². The number of aliphatic hydroxyl groups is 2. The van der Waals surface area contributed by atoms with Crippen molar-refractivity contribution in [2.24, 2.45) is 0 Å². The van der Waals surface area contributed by atoms with Crippen LogP contribution in [-0.2, 0) is 0 Å². The molecule has 0 radical (unpaired) electrons. The van der Waals surface area contributed by atoms with Gasteiger partial charge < -0.3 is 10.2 Å². The summed E-state index contributed by atoms with van der Waals surface area (Å²) in [5.41, 5.74) is 0. The number of rotatable bonds is 17. The SMILES string of the molecule is CCCCCC(O)CCCCCCCCCCCCCO. The molecule has 128 valence electrons. The van der Waals surface area contributed by atoms with Gasteiger partial charge in [-0.25, -0.2) is 0 Å². The predicted octanol–water partition coefficient (Wildman–Crippen LogP) is 5.60. The van der Waals surface area contributed by atoms with Crippen LogP contribution in [0.2, 0.25) is 0 Å². The number of unbranched alkanes of at least 4 members (excludes halogenated alkanes) is 12. The summed E-state index contributed by atoms with van der Waals surface area (Å²) in [7, 11) is 0. The third kappa shape index (κ3) is 17.9. The molecule has 2 N–H and O–H groups in total. The maximum Gasteiger partial charge on any atom is 0.0540 e. The molecule has 2 heteroatoms. The van der Waals surface area contributed by atoms with Crippen LogP contribution in [0.25, 0.3) is 0 Å². The smallest absolute Gasteiger partial charge is 0.0540 e. The third-order valence-electron chi connectivity index (χ3n) is 4.34.